The molecule has 0 aliphatic carbocycles. The molecule has 0 bridgehead atoms. The Labute approximate surface area is 78.1 Å². The van der Waals surface area contributed by atoms with E-state index >= 15 is 0 Å². The van der Waals surface area contributed by atoms with Gasteiger partial charge in [-0.05, 0) is 6.42 Å². The fourth-order valence-corrected chi connectivity index (χ4v) is 0.658. The van der Waals surface area contributed by atoms with E-state index in [0.29, 0.717) is 0 Å². The molecule has 0 fully saturated rings. The summed E-state index contributed by atoms with van der Waals surface area (Å²) < 4.78 is 48.0. The summed E-state index contributed by atoms with van der Waals surface area (Å²) in [5, 5.41) is 10.2. The van der Waals surface area contributed by atoms with Gasteiger partial charge in [-0.2, -0.15) is 8.78 Å². The summed E-state index contributed by atoms with van der Waals surface area (Å²) in [6.45, 7) is 0.948. The number of hydrogen-bond donors (Lipinski definition) is 2. The Morgan fingerprint density at radius 2 is 2.00 bits per heavy atom. The smallest absolute Gasteiger partial charge is 0.383 e. The highest BCUT2D eigenvalue weighted by Gasteiger charge is 2.49. The highest BCUT2D eigenvalue weighted by atomic mass is 19.3. The summed E-state index contributed by atoms with van der Waals surface area (Å²) in [7, 11) is 0. The molecule has 0 spiro atoms. The molecule has 2 N–H and O–H groups in total. The van der Waals surface area contributed by atoms with E-state index in [1.165, 1.54) is 6.92 Å². The van der Waals surface area contributed by atoms with Crippen LogP contribution in [-0.4, -0.2) is 36.0 Å². The summed E-state index contributed by atoms with van der Waals surface area (Å²) in [5.41, 5.74) is 0. The van der Waals surface area contributed by atoms with E-state index in [2.05, 4.69) is 0 Å². The molecule has 0 rings (SSSR count). The number of carbonyl (C=O) groups is 1. The lowest BCUT2D eigenvalue weighted by molar-refractivity contribution is -0.170. The predicted molar refractivity (Wildman–Crippen MR) is 40.3 cm³/mol. The highest BCUT2D eigenvalue weighted by Crippen LogP contribution is 2.22. The number of amides is 1. The van der Waals surface area contributed by atoms with Crippen molar-refractivity contribution in [3.05, 3.63) is 0 Å². The van der Waals surface area contributed by atoms with Gasteiger partial charge < -0.3 is 10.4 Å². The van der Waals surface area contributed by atoms with E-state index in [-0.39, 0.29) is 6.42 Å². The van der Waals surface area contributed by atoms with Crippen LogP contribution in [0.2, 0.25) is 0 Å². The van der Waals surface area contributed by atoms with Gasteiger partial charge in [-0.25, -0.2) is 8.78 Å². The first-order chi connectivity index (χ1) is 6.36. The van der Waals surface area contributed by atoms with E-state index in [1.54, 1.807) is 5.32 Å². The molecule has 1 amide bonds. The van der Waals surface area contributed by atoms with Crippen LogP contribution >= 0.6 is 0 Å². The third-order valence-electron chi connectivity index (χ3n) is 1.63. The molecule has 0 unspecified atom stereocenters. The molecule has 84 valence electrons. The van der Waals surface area contributed by atoms with Crippen LogP contribution in [0.1, 0.15) is 13.3 Å². The van der Waals surface area contributed by atoms with Gasteiger partial charge in [-0.3, -0.25) is 4.79 Å². The number of rotatable bonds is 5. The minimum Gasteiger partial charge on any atom is -0.394 e. The lowest BCUT2D eigenvalue weighted by atomic mass is 10.2. The Hall–Kier alpha value is -0.850. The van der Waals surface area contributed by atoms with Gasteiger partial charge in [-0.15, -0.1) is 0 Å². The van der Waals surface area contributed by atoms with Crippen LogP contribution in [0.4, 0.5) is 17.6 Å². The van der Waals surface area contributed by atoms with Crippen LogP contribution in [-0.2, 0) is 4.79 Å². The zero-order chi connectivity index (χ0) is 11.4. The van der Waals surface area contributed by atoms with Crippen molar-refractivity contribution in [1.29, 1.82) is 0 Å². The molecule has 0 aromatic heterocycles. The average molecular weight is 217 g/mol. The van der Waals surface area contributed by atoms with Crippen LogP contribution in [0.25, 0.3) is 0 Å². The molecule has 0 aliphatic heterocycles. The zero-order valence-electron chi connectivity index (χ0n) is 7.44. The first-order valence-corrected chi connectivity index (χ1v) is 3.94. The molecule has 0 radical (unpaired) electrons. The lowest BCUT2D eigenvalue weighted by Crippen LogP contribution is -2.49. The topological polar surface area (TPSA) is 49.3 Å². The van der Waals surface area contributed by atoms with Crippen molar-refractivity contribution in [2.45, 2.75) is 31.7 Å². The van der Waals surface area contributed by atoms with Gasteiger partial charge >= 0.3 is 12.3 Å². The van der Waals surface area contributed by atoms with Crippen molar-refractivity contribution >= 4 is 5.91 Å². The normalized spacial score (nSPS) is 14.2. The predicted octanol–water partition coefficient (Wildman–Crippen LogP) is 0.774. The second kappa shape index (κ2) is 5.14. The highest BCUT2D eigenvalue weighted by molar-refractivity contribution is 5.84. The Bertz CT molecular complexity index is 194. The molecule has 0 aromatic carbocycles. The summed E-state index contributed by atoms with van der Waals surface area (Å²) in [6.07, 6.45) is -3.86. The number of halogens is 4. The average Bonchev–Trinajstić information content (AvgIpc) is 2.13. The van der Waals surface area contributed by atoms with Crippen LogP contribution in [0.3, 0.4) is 0 Å². The van der Waals surface area contributed by atoms with Crippen molar-refractivity contribution in [2.75, 3.05) is 6.61 Å². The third kappa shape index (κ3) is 3.13. The fraction of sp³-hybridized carbons (Fsp3) is 0.857. The van der Waals surface area contributed by atoms with E-state index in [0.717, 1.165) is 0 Å². The van der Waals surface area contributed by atoms with Crippen LogP contribution < -0.4 is 5.32 Å². The number of nitrogens with one attached hydrogen (secondary N) is 1. The number of alkyl halides is 4. The van der Waals surface area contributed by atoms with Gasteiger partial charge in [0.15, 0.2) is 0 Å². The number of aliphatic hydroxyl groups is 1. The molecule has 0 aliphatic rings. The Morgan fingerprint density at radius 1 is 1.50 bits per heavy atom. The van der Waals surface area contributed by atoms with E-state index < -0.39 is 30.9 Å². The van der Waals surface area contributed by atoms with Crippen molar-refractivity contribution in [1.82, 2.24) is 5.32 Å². The van der Waals surface area contributed by atoms with E-state index in [9.17, 15) is 22.4 Å². The van der Waals surface area contributed by atoms with Crippen molar-refractivity contribution in [3.8, 4) is 0 Å². The molecule has 0 saturated carbocycles. The monoisotopic (exact) mass is 217 g/mol. The third-order valence-corrected chi connectivity index (χ3v) is 1.63. The van der Waals surface area contributed by atoms with Gasteiger partial charge in [-0.1, -0.05) is 6.92 Å². The minimum absolute atomic E-state index is 0.182. The maximum atomic E-state index is 12.3. The summed E-state index contributed by atoms with van der Waals surface area (Å²) in [4.78, 5) is 10.6. The number of hydrogen-bond acceptors (Lipinski definition) is 2. The Morgan fingerprint density at radius 3 is 2.29 bits per heavy atom. The largest absolute Gasteiger partial charge is 0.394 e. The minimum atomic E-state index is -4.71. The Kier molecular flexibility index (Phi) is 4.82. The fourth-order valence-electron chi connectivity index (χ4n) is 0.658. The summed E-state index contributed by atoms with van der Waals surface area (Å²) in [5.74, 6) is -6.77. The van der Waals surface area contributed by atoms with Crippen molar-refractivity contribution in [2.24, 2.45) is 0 Å². The molecule has 3 nitrogen and oxygen atoms in total. The van der Waals surface area contributed by atoms with Crippen molar-refractivity contribution in [3.63, 3.8) is 0 Å². The molecule has 1 atom stereocenters. The quantitative estimate of drug-likeness (QED) is 0.668. The second-order valence-corrected chi connectivity index (χ2v) is 2.68. The molecular formula is C7H11F4NO2. The van der Waals surface area contributed by atoms with Gasteiger partial charge in [0.1, 0.15) is 0 Å². The van der Waals surface area contributed by atoms with Gasteiger partial charge in [0.05, 0.1) is 12.6 Å². The summed E-state index contributed by atoms with van der Waals surface area (Å²) >= 11 is 0. The molecule has 0 heterocycles. The first kappa shape index (κ1) is 13.2. The van der Waals surface area contributed by atoms with Crippen molar-refractivity contribution < 1.29 is 27.5 Å². The zero-order valence-corrected chi connectivity index (χ0v) is 7.44. The van der Waals surface area contributed by atoms with E-state index in [1.807, 2.05) is 0 Å². The second-order valence-electron chi connectivity index (χ2n) is 2.68. The lowest BCUT2D eigenvalue weighted by Gasteiger charge is -2.19. The van der Waals surface area contributed by atoms with Gasteiger partial charge in [0.2, 0.25) is 0 Å². The standard InChI is InChI=1S/C7H11F4NO2/c1-2-4(3-13)12-6(14)7(10,11)5(8)9/h4-5,13H,2-3H2,1H3,(H,12,14)/t4-/m0/s1. The van der Waals surface area contributed by atoms with E-state index in [4.69, 9.17) is 5.11 Å². The molecule has 0 saturated heterocycles. The van der Waals surface area contributed by atoms with Gasteiger partial charge in [0.25, 0.3) is 5.91 Å². The van der Waals surface area contributed by atoms with Crippen LogP contribution in [0.15, 0.2) is 0 Å². The first-order valence-electron chi connectivity index (χ1n) is 3.94. The number of aliphatic hydroxyl groups excluding tert-OH is 1. The summed E-state index contributed by atoms with van der Waals surface area (Å²) in [6, 6.07) is -0.924. The molecule has 0 aromatic rings. The molecule has 14 heavy (non-hydrogen) atoms. The number of carbonyl (C=O) groups excluding carboxylic acids is 1. The SMILES string of the molecule is CC[C@@H](CO)NC(=O)C(F)(F)C(F)F. The van der Waals surface area contributed by atoms with Crippen LogP contribution in [0.5, 0.6) is 0 Å². The Balaban J connectivity index is 4.33. The molecular weight excluding hydrogens is 206 g/mol. The van der Waals surface area contributed by atoms with Gasteiger partial charge in [0, 0.05) is 0 Å². The maximum absolute atomic E-state index is 12.3. The molecule has 7 heteroatoms. The van der Waals surface area contributed by atoms with Crippen LogP contribution in [0, 0.1) is 0 Å². The maximum Gasteiger partial charge on any atom is 0.383 e.